The highest BCUT2D eigenvalue weighted by atomic mass is 19.4. The molecule has 0 spiro atoms. The summed E-state index contributed by atoms with van der Waals surface area (Å²) < 4.78 is 51.9. The van der Waals surface area contributed by atoms with E-state index in [2.05, 4.69) is 4.74 Å². The van der Waals surface area contributed by atoms with E-state index in [1.807, 2.05) is 0 Å². The smallest absolute Gasteiger partial charge is 0.406 e. The summed E-state index contributed by atoms with van der Waals surface area (Å²) in [6.45, 7) is 0.0147. The quantitative estimate of drug-likeness (QED) is 0.832. The second-order valence-electron chi connectivity index (χ2n) is 3.34. The Bertz CT molecular complexity index is 401. The van der Waals surface area contributed by atoms with E-state index < -0.39 is 6.36 Å². The van der Waals surface area contributed by atoms with Crippen molar-refractivity contribution in [3.05, 3.63) is 41.7 Å². The van der Waals surface area contributed by atoms with Crippen LogP contribution in [0.4, 0.5) is 17.6 Å². The molecule has 0 fully saturated rings. The zero-order valence-electron chi connectivity index (χ0n) is 8.80. The lowest BCUT2D eigenvalue weighted by Gasteiger charge is -2.10. The monoisotopic (exact) mass is 249 g/mol. The molecule has 0 heterocycles. The first-order valence-corrected chi connectivity index (χ1v) is 4.77. The topological polar surface area (TPSA) is 35.2 Å². The van der Waals surface area contributed by atoms with Crippen molar-refractivity contribution in [3.8, 4) is 5.75 Å². The molecule has 0 aromatic heterocycles. The van der Waals surface area contributed by atoms with Gasteiger partial charge in [-0.2, -0.15) is 0 Å². The second-order valence-corrected chi connectivity index (χ2v) is 3.34. The SMILES string of the molecule is NCC(=CF)Cc1cccc(OC(F)(F)F)c1. The number of alkyl halides is 3. The second kappa shape index (κ2) is 5.67. The predicted molar refractivity (Wildman–Crippen MR) is 55.1 cm³/mol. The Morgan fingerprint density at radius 3 is 2.59 bits per heavy atom. The number of benzene rings is 1. The summed E-state index contributed by atoms with van der Waals surface area (Å²) in [4.78, 5) is 0. The van der Waals surface area contributed by atoms with Crippen molar-refractivity contribution in [2.24, 2.45) is 5.73 Å². The first-order chi connectivity index (χ1) is 7.94. The van der Waals surface area contributed by atoms with E-state index >= 15 is 0 Å². The van der Waals surface area contributed by atoms with Crippen LogP contribution in [0.2, 0.25) is 0 Å². The highest BCUT2D eigenvalue weighted by molar-refractivity contribution is 5.31. The molecule has 0 saturated heterocycles. The molecule has 2 N–H and O–H groups in total. The van der Waals surface area contributed by atoms with E-state index in [0.717, 1.165) is 0 Å². The number of rotatable bonds is 4. The van der Waals surface area contributed by atoms with E-state index in [1.165, 1.54) is 18.2 Å². The summed E-state index contributed by atoms with van der Waals surface area (Å²) in [5, 5.41) is 0. The lowest BCUT2D eigenvalue weighted by molar-refractivity contribution is -0.274. The van der Waals surface area contributed by atoms with Gasteiger partial charge < -0.3 is 10.5 Å². The fourth-order valence-corrected chi connectivity index (χ4v) is 1.27. The predicted octanol–water partition coefficient (Wildman–Crippen LogP) is 2.94. The minimum Gasteiger partial charge on any atom is -0.406 e. The van der Waals surface area contributed by atoms with Crippen LogP contribution in [0, 0.1) is 0 Å². The summed E-state index contributed by atoms with van der Waals surface area (Å²) in [5.41, 5.74) is 6.05. The highest BCUT2D eigenvalue weighted by Crippen LogP contribution is 2.24. The van der Waals surface area contributed by atoms with Crippen LogP contribution in [0.3, 0.4) is 0 Å². The first-order valence-electron chi connectivity index (χ1n) is 4.77. The molecule has 0 aliphatic carbocycles. The Balaban J connectivity index is 2.79. The van der Waals surface area contributed by atoms with Crippen LogP contribution in [0.5, 0.6) is 5.75 Å². The van der Waals surface area contributed by atoms with Crippen LogP contribution in [0.15, 0.2) is 36.2 Å². The number of hydrogen-bond donors (Lipinski definition) is 1. The van der Waals surface area contributed by atoms with Gasteiger partial charge in [-0.3, -0.25) is 0 Å². The summed E-state index contributed by atoms with van der Waals surface area (Å²) in [6.07, 6.45) is -4.22. The van der Waals surface area contributed by atoms with Crippen molar-refractivity contribution in [2.75, 3.05) is 6.54 Å². The van der Waals surface area contributed by atoms with E-state index in [0.29, 0.717) is 17.5 Å². The van der Waals surface area contributed by atoms with Crippen molar-refractivity contribution in [3.63, 3.8) is 0 Å². The number of ether oxygens (including phenoxy) is 1. The minimum atomic E-state index is -4.73. The Kier molecular flexibility index (Phi) is 4.51. The first kappa shape index (κ1) is 13.5. The standard InChI is InChI=1S/C11H11F4NO/c12-6-9(7-16)4-8-2-1-3-10(5-8)17-11(13,14)15/h1-3,5-6H,4,7,16H2. The zero-order chi connectivity index (χ0) is 12.9. The van der Waals surface area contributed by atoms with Crippen LogP contribution in [0.25, 0.3) is 0 Å². The summed E-state index contributed by atoms with van der Waals surface area (Å²) in [7, 11) is 0. The van der Waals surface area contributed by atoms with Gasteiger partial charge in [-0.1, -0.05) is 12.1 Å². The molecule has 17 heavy (non-hydrogen) atoms. The van der Waals surface area contributed by atoms with Gasteiger partial charge in [0.05, 0.1) is 6.33 Å². The van der Waals surface area contributed by atoms with Crippen molar-refractivity contribution < 1.29 is 22.3 Å². The molecular weight excluding hydrogens is 238 g/mol. The summed E-state index contributed by atoms with van der Waals surface area (Å²) in [6, 6.07) is 5.36. The molecule has 0 unspecified atom stereocenters. The van der Waals surface area contributed by atoms with Crippen molar-refractivity contribution in [2.45, 2.75) is 12.8 Å². The van der Waals surface area contributed by atoms with Gasteiger partial charge >= 0.3 is 6.36 Å². The summed E-state index contributed by atoms with van der Waals surface area (Å²) >= 11 is 0. The van der Waals surface area contributed by atoms with Crippen LogP contribution in [0.1, 0.15) is 5.56 Å². The third-order valence-electron chi connectivity index (χ3n) is 1.98. The third kappa shape index (κ3) is 4.86. The van der Waals surface area contributed by atoms with E-state index in [1.54, 1.807) is 6.07 Å². The van der Waals surface area contributed by atoms with Gasteiger partial charge in [0.1, 0.15) is 5.75 Å². The molecule has 0 aliphatic heterocycles. The molecule has 1 aromatic carbocycles. The maximum atomic E-state index is 12.3. The van der Waals surface area contributed by atoms with Crippen LogP contribution >= 0.6 is 0 Å². The normalized spacial score (nSPS) is 12.6. The van der Waals surface area contributed by atoms with Gasteiger partial charge in [0.2, 0.25) is 0 Å². The van der Waals surface area contributed by atoms with Gasteiger partial charge in [0, 0.05) is 6.54 Å². The molecule has 2 nitrogen and oxygen atoms in total. The van der Waals surface area contributed by atoms with Crippen molar-refractivity contribution >= 4 is 0 Å². The van der Waals surface area contributed by atoms with Crippen LogP contribution < -0.4 is 10.5 Å². The molecule has 0 atom stereocenters. The minimum absolute atomic E-state index is 0.0147. The lowest BCUT2D eigenvalue weighted by Crippen LogP contribution is -2.17. The number of hydrogen-bond acceptors (Lipinski definition) is 2. The van der Waals surface area contributed by atoms with E-state index in [-0.39, 0.29) is 18.7 Å². The largest absolute Gasteiger partial charge is 0.573 e. The van der Waals surface area contributed by atoms with Crippen LogP contribution in [-0.2, 0) is 6.42 Å². The Labute approximate surface area is 95.7 Å². The van der Waals surface area contributed by atoms with E-state index in [4.69, 9.17) is 5.73 Å². The third-order valence-corrected chi connectivity index (χ3v) is 1.98. The van der Waals surface area contributed by atoms with E-state index in [9.17, 15) is 17.6 Å². The van der Waals surface area contributed by atoms with Gasteiger partial charge in [0.15, 0.2) is 0 Å². The average molecular weight is 249 g/mol. The average Bonchev–Trinajstić information content (AvgIpc) is 2.24. The zero-order valence-corrected chi connectivity index (χ0v) is 8.80. The van der Waals surface area contributed by atoms with Gasteiger partial charge in [0.25, 0.3) is 0 Å². The molecular formula is C11H11F4NO. The van der Waals surface area contributed by atoms with Gasteiger partial charge in [-0.15, -0.1) is 13.2 Å². The molecule has 0 bridgehead atoms. The van der Waals surface area contributed by atoms with Gasteiger partial charge in [-0.05, 0) is 29.7 Å². The van der Waals surface area contributed by atoms with Crippen molar-refractivity contribution in [1.82, 2.24) is 0 Å². The van der Waals surface area contributed by atoms with Crippen LogP contribution in [-0.4, -0.2) is 12.9 Å². The molecule has 0 amide bonds. The molecule has 1 rings (SSSR count). The molecule has 0 radical (unpaired) electrons. The molecule has 0 saturated carbocycles. The molecule has 6 heteroatoms. The number of nitrogens with two attached hydrogens (primary N) is 1. The fraction of sp³-hybridized carbons (Fsp3) is 0.273. The van der Waals surface area contributed by atoms with Gasteiger partial charge in [-0.25, -0.2) is 4.39 Å². The summed E-state index contributed by atoms with van der Waals surface area (Å²) in [5.74, 6) is -0.328. The molecule has 1 aromatic rings. The Morgan fingerprint density at radius 2 is 2.06 bits per heavy atom. The lowest BCUT2D eigenvalue weighted by atomic mass is 10.1. The fourth-order valence-electron chi connectivity index (χ4n) is 1.27. The highest BCUT2D eigenvalue weighted by Gasteiger charge is 2.31. The molecule has 0 aliphatic rings. The Hall–Kier alpha value is -1.56. The van der Waals surface area contributed by atoms with Crippen molar-refractivity contribution in [1.29, 1.82) is 0 Å². The maximum absolute atomic E-state index is 12.3. The Morgan fingerprint density at radius 1 is 1.35 bits per heavy atom. The molecule has 94 valence electrons. The maximum Gasteiger partial charge on any atom is 0.573 e. The number of halogens is 4.